The van der Waals surface area contributed by atoms with Gasteiger partial charge in [-0.15, -0.1) is 0 Å². The molecule has 2 heteroatoms. The Bertz CT molecular complexity index is 318. The van der Waals surface area contributed by atoms with Gasteiger partial charge in [0.1, 0.15) is 5.75 Å². The molecule has 1 heterocycles. The number of fused-ring (bicyclic) bond motifs is 1. The number of anilines is 1. The summed E-state index contributed by atoms with van der Waals surface area (Å²) >= 11 is 0. The van der Waals surface area contributed by atoms with E-state index in [1.165, 1.54) is 5.56 Å². The van der Waals surface area contributed by atoms with E-state index in [0.29, 0.717) is 5.75 Å². The molecule has 0 bridgehead atoms. The van der Waals surface area contributed by atoms with E-state index in [1.54, 1.807) is 6.07 Å². The third-order valence-corrected chi connectivity index (χ3v) is 2.45. The number of hydrogen-bond donors (Lipinski definition) is 2. The van der Waals surface area contributed by atoms with Crippen molar-refractivity contribution in [3.63, 3.8) is 0 Å². The van der Waals surface area contributed by atoms with Crippen molar-refractivity contribution in [2.75, 3.05) is 11.9 Å². The molecule has 1 aromatic carbocycles. The molecule has 0 spiro atoms. The lowest BCUT2D eigenvalue weighted by Crippen LogP contribution is -2.18. The van der Waals surface area contributed by atoms with Crippen molar-refractivity contribution in [3.05, 3.63) is 23.8 Å². The number of rotatable bonds is 0. The van der Waals surface area contributed by atoms with Crippen molar-refractivity contribution in [1.29, 1.82) is 0 Å². The van der Waals surface area contributed by atoms with Gasteiger partial charge in [0.15, 0.2) is 0 Å². The molecule has 2 N–H and O–H groups in total. The van der Waals surface area contributed by atoms with Gasteiger partial charge in [0.05, 0.1) is 0 Å². The van der Waals surface area contributed by atoms with Crippen LogP contribution in [0.4, 0.5) is 5.69 Å². The topological polar surface area (TPSA) is 32.3 Å². The third kappa shape index (κ3) is 0.951. The number of aromatic hydroxyl groups is 1. The molecule has 0 amide bonds. The van der Waals surface area contributed by atoms with Crippen molar-refractivity contribution in [1.82, 2.24) is 0 Å². The highest BCUT2D eigenvalue weighted by Crippen LogP contribution is 2.37. The number of benzene rings is 1. The fraction of sp³-hybridized carbons (Fsp3) is 0.400. The van der Waals surface area contributed by atoms with Gasteiger partial charge < -0.3 is 10.4 Å². The van der Waals surface area contributed by atoms with Gasteiger partial charge in [-0.1, -0.05) is 13.8 Å². The molecule has 0 unspecified atom stereocenters. The van der Waals surface area contributed by atoms with Crippen LogP contribution in [0.3, 0.4) is 0 Å². The second-order valence-corrected chi connectivity index (χ2v) is 3.97. The largest absolute Gasteiger partial charge is 0.508 e. The Morgan fingerprint density at radius 2 is 2.17 bits per heavy atom. The van der Waals surface area contributed by atoms with E-state index in [0.717, 1.165) is 12.2 Å². The molecular formula is C10H13NO. The van der Waals surface area contributed by atoms with Gasteiger partial charge in [-0.3, -0.25) is 0 Å². The summed E-state index contributed by atoms with van der Waals surface area (Å²) in [6.07, 6.45) is 0. The highest BCUT2D eigenvalue weighted by molar-refractivity contribution is 5.61. The minimum atomic E-state index is 0.147. The van der Waals surface area contributed by atoms with Crippen LogP contribution in [0, 0.1) is 0 Å². The van der Waals surface area contributed by atoms with Gasteiger partial charge >= 0.3 is 0 Å². The molecule has 0 aliphatic carbocycles. The molecule has 0 saturated heterocycles. The Hall–Kier alpha value is -1.18. The summed E-state index contributed by atoms with van der Waals surface area (Å²) in [6.45, 7) is 5.29. The van der Waals surface area contributed by atoms with E-state index in [1.807, 2.05) is 12.1 Å². The number of nitrogens with one attached hydrogen (secondary N) is 1. The molecule has 0 atom stereocenters. The van der Waals surface area contributed by atoms with Crippen LogP contribution >= 0.6 is 0 Å². The lowest BCUT2D eigenvalue weighted by molar-refractivity contribution is 0.472. The monoisotopic (exact) mass is 163 g/mol. The predicted molar refractivity (Wildman–Crippen MR) is 49.6 cm³/mol. The van der Waals surface area contributed by atoms with Crippen molar-refractivity contribution in [2.24, 2.45) is 0 Å². The summed E-state index contributed by atoms with van der Waals surface area (Å²) in [7, 11) is 0. The van der Waals surface area contributed by atoms with Crippen LogP contribution in [0.5, 0.6) is 5.75 Å². The standard InChI is InChI=1S/C10H13NO/c1-10(2)6-11-9-4-3-7(12)5-8(9)10/h3-5,11-12H,6H2,1-2H3. The van der Waals surface area contributed by atoms with E-state index in [2.05, 4.69) is 19.2 Å². The molecule has 2 nitrogen and oxygen atoms in total. The third-order valence-electron chi connectivity index (χ3n) is 2.45. The van der Waals surface area contributed by atoms with Gasteiger partial charge in [-0.2, -0.15) is 0 Å². The fourth-order valence-electron chi connectivity index (χ4n) is 1.66. The quantitative estimate of drug-likeness (QED) is 0.574. The Balaban J connectivity index is 2.57. The fourth-order valence-corrected chi connectivity index (χ4v) is 1.66. The first-order valence-corrected chi connectivity index (χ1v) is 4.17. The van der Waals surface area contributed by atoms with Crippen LogP contribution in [0.15, 0.2) is 18.2 Å². The molecule has 1 aliphatic rings. The lowest BCUT2D eigenvalue weighted by atomic mass is 9.87. The van der Waals surface area contributed by atoms with Crippen LogP contribution in [0.25, 0.3) is 0 Å². The summed E-state index contributed by atoms with van der Waals surface area (Å²) in [6, 6.07) is 5.49. The molecule has 2 rings (SSSR count). The van der Waals surface area contributed by atoms with Crippen LogP contribution < -0.4 is 5.32 Å². The smallest absolute Gasteiger partial charge is 0.116 e. The van der Waals surface area contributed by atoms with E-state index in [4.69, 9.17) is 0 Å². The van der Waals surface area contributed by atoms with Gasteiger partial charge in [0, 0.05) is 17.6 Å². The van der Waals surface area contributed by atoms with Gasteiger partial charge in [0.25, 0.3) is 0 Å². The molecular weight excluding hydrogens is 150 g/mol. The first kappa shape index (κ1) is 7.47. The summed E-state index contributed by atoms with van der Waals surface area (Å²) in [5.41, 5.74) is 2.51. The van der Waals surface area contributed by atoms with Crippen LogP contribution in [0.1, 0.15) is 19.4 Å². The zero-order chi connectivity index (χ0) is 8.77. The van der Waals surface area contributed by atoms with Crippen molar-refractivity contribution in [2.45, 2.75) is 19.3 Å². The minimum absolute atomic E-state index is 0.147. The molecule has 0 aromatic heterocycles. The van der Waals surface area contributed by atoms with Crippen LogP contribution in [-0.2, 0) is 5.41 Å². The average molecular weight is 163 g/mol. The van der Waals surface area contributed by atoms with Crippen molar-refractivity contribution in [3.8, 4) is 5.75 Å². The molecule has 0 radical (unpaired) electrons. The Labute approximate surface area is 72.2 Å². The number of hydrogen-bond acceptors (Lipinski definition) is 2. The number of phenolic OH excluding ortho intramolecular Hbond substituents is 1. The molecule has 1 aliphatic heterocycles. The summed E-state index contributed by atoms with van der Waals surface area (Å²) < 4.78 is 0. The van der Waals surface area contributed by atoms with Crippen molar-refractivity contribution >= 4 is 5.69 Å². The zero-order valence-corrected chi connectivity index (χ0v) is 7.39. The van der Waals surface area contributed by atoms with E-state index < -0.39 is 0 Å². The number of phenols is 1. The summed E-state index contributed by atoms with van der Waals surface area (Å²) in [4.78, 5) is 0. The predicted octanol–water partition coefficient (Wildman–Crippen LogP) is 2.10. The van der Waals surface area contributed by atoms with Gasteiger partial charge in [0.2, 0.25) is 0 Å². The van der Waals surface area contributed by atoms with E-state index >= 15 is 0 Å². The van der Waals surface area contributed by atoms with E-state index in [-0.39, 0.29) is 5.41 Å². The van der Waals surface area contributed by atoms with Crippen molar-refractivity contribution < 1.29 is 5.11 Å². The first-order valence-electron chi connectivity index (χ1n) is 4.17. The first-order chi connectivity index (χ1) is 5.59. The van der Waals surface area contributed by atoms with Crippen LogP contribution in [-0.4, -0.2) is 11.7 Å². The molecule has 0 fully saturated rings. The molecule has 64 valence electrons. The Morgan fingerprint density at radius 3 is 2.92 bits per heavy atom. The normalized spacial score (nSPS) is 18.5. The maximum absolute atomic E-state index is 9.30. The Kier molecular flexibility index (Phi) is 1.34. The van der Waals surface area contributed by atoms with E-state index in [9.17, 15) is 5.11 Å². The highest BCUT2D eigenvalue weighted by atomic mass is 16.3. The Morgan fingerprint density at radius 1 is 1.42 bits per heavy atom. The lowest BCUT2D eigenvalue weighted by Gasteiger charge is -2.16. The van der Waals surface area contributed by atoms with Crippen LogP contribution in [0.2, 0.25) is 0 Å². The molecule has 12 heavy (non-hydrogen) atoms. The maximum Gasteiger partial charge on any atom is 0.116 e. The maximum atomic E-state index is 9.30. The SMILES string of the molecule is CC1(C)CNc2ccc(O)cc21. The zero-order valence-electron chi connectivity index (χ0n) is 7.39. The van der Waals surface area contributed by atoms with Gasteiger partial charge in [-0.05, 0) is 23.8 Å². The minimum Gasteiger partial charge on any atom is -0.508 e. The molecule has 0 saturated carbocycles. The summed E-state index contributed by atoms with van der Waals surface area (Å²) in [5.74, 6) is 0.352. The van der Waals surface area contributed by atoms with Gasteiger partial charge in [-0.25, -0.2) is 0 Å². The molecule has 1 aromatic rings. The summed E-state index contributed by atoms with van der Waals surface area (Å²) in [5, 5.41) is 12.6. The second kappa shape index (κ2) is 2.16. The highest BCUT2D eigenvalue weighted by Gasteiger charge is 2.29. The second-order valence-electron chi connectivity index (χ2n) is 3.97. The average Bonchev–Trinajstić information content (AvgIpc) is 2.28.